The summed E-state index contributed by atoms with van der Waals surface area (Å²) in [4.78, 5) is 24.5. The Morgan fingerprint density at radius 3 is 1.18 bits per heavy atom. The first-order chi connectivity index (χ1) is 32.0. The van der Waals surface area contributed by atoms with Crippen molar-refractivity contribution in [2.24, 2.45) is 0 Å². The van der Waals surface area contributed by atoms with Gasteiger partial charge in [0.25, 0.3) is 0 Å². The van der Waals surface area contributed by atoms with Gasteiger partial charge in [0.1, 0.15) is 0 Å². The minimum Gasteiger partial charge on any atom is -0.466 e. The Bertz CT molecular complexity index is 1100. The summed E-state index contributed by atoms with van der Waals surface area (Å²) in [5.74, 6) is -0.109. The van der Waals surface area contributed by atoms with Gasteiger partial charge < -0.3 is 20.3 Å². The van der Waals surface area contributed by atoms with Gasteiger partial charge in [0.05, 0.1) is 25.4 Å². The number of hydrogen-bond donors (Lipinski definition) is 3. The first-order valence-electron chi connectivity index (χ1n) is 28.4. The van der Waals surface area contributed by atoms with E-state index in [1.54, 1.807) is 6.08 Å². The maximum absolute atomic E-state index is 12.4. The number of carbonyl (C=O) groups is 2. The van der Waals surface area contributed by atoms with E-state index in [1.807, 2.05) is 6.08 Å². The van der Waals surface area contributed by atoms with Crippen LogP contribution in [0, 0.1) is 0 Å². The van der Waals surface area contributed by atoms with Crippen LogP contribution in [0.25, 0.3) is 0 Å². The molecule has 0 aliphatic carbocycles. The van der Waals surface area contributed by atoms with Crippen LogP contribution in [-0.4, -0.2) is 47.4 Å². The summed E-state index contributed by atoms with van der Waals surface area (Å²) in [7, 11) is 0. The summed E-state index contributed by atoms with van der Waals surface area (Å²) in [6.07, 6.45) is 68.4. The minimum atomic E-state index is -0.856. The zero-order valence-corrected chi connectivity index (χ0v) is 43.2. The number of rotatable bonds is 52. The molecule has 0 aliphatic heterocycles. The topological polar surface area (TPSA) is 95.9 Å². The molecule has 0 aromatic carbocycles. The molecule has 6 heteroatoms. The Labute approximate surface area is 404 Å². The van der Waals surface area contributed by atoms with Crippen LogP contribution in [0.2, 0.25) is 0 Å². The lowest BCUT2D eigenvalue weighted by Gasteiger charge is -2.20. The first kappa shape index (κ1) is 62.8. The van der Waals surface area contributed by atoms with Gasteiger partial charge in [0.2, 0.25) is 5.91 Å². The molecular formula is C59H109NO5. The molecule has 0 saturated carbocycles. The number of carbonyl (C=O) groups excluding carboxylic acids is 2. The molecule has 3 N–H and O–H groups in total. The second-order valence-electron chi connectivity index (χ2n) is 19.3. The standard InChI is InChI=1S/C59H109NO5/c1-3-5-7-9-11-13-15-17-19-25-29-33-37-41-45-49-53-59(64)65-54-50-46-42-38-34-30-26-22-20-21-24-28-32-36-40-44-48-52-58(63)60-56(55-61)57(62)51-47-43-39-35-31-27-23-18-16-14-12-10-8-6-4-2/h19-20,22,25,30,34,47,51,56-57,61-62H,3-18,21,23-24,26-29,31-33,35-46,48-50,52-55H2,1-2H3,(H,60,63)/b22-20-,25-19-,34-30-,51-47+. The largest absolute Gasteiger partial charge is 0.466 e. The van der Waals surface area contributed by atoms with Gasteiger partial charge in [-0.1, -0.05) is 229 Å². The third-order valence-electron chi connectivity index (χ3n) is 12.8. The van der Waals surface area contributed by atoms with Crippen molar-refractivity contribution in [1.29, 1.82) is 0 Å². The van der Waals surface area contributed by atoms with E-state index in [0.717, 1.165) is 83.5 Å². The van der Waals surface area contributed by atoms with E-state index in [0.29, 0.717) is 19.4 Å². The number of unbranched alkanes of at least 4 members (excludes halogenated alkanes) is 35. The number of ether oxygens (including phenoxy) is 1. The summed E-state index contributed by atoms with van der Waals surface area (Å²) in [5, 5.41) is 23.1. The third-order valence-corrected chi connectivity index (χ3v) is 12.8. The van der Waals surface area contributed by atoms with E-state index < -0.39 is 12.1 Å². The van der Waals surface area contributed by atoms with E-state index in [1.165, 1.54) is 180 Å². The smallest absolute Gasteiger partial charge is 0.305 e. The third kappa shape index (κ3) is 51.1. The highest BCUT2D eigenvalue weighted by Crippen LogP contribution is 2.15. The van der Waals surface area contributed by atoms with Crippen LogP contribution >= 0.6 is 0 Å². The molecule has 0 radical (unpaired) electrons. The monoisotopic (exact) mass is 912 g/mol. The molecule has 6 nitrogen and oxygen atoms in total. The molecule has 2 atom stereocenters. The average molecular weight is 913 g/mol. The van der Waals surface area contributed by atoms with Crippen LogP contribution in [0.15, 0.2) is 48.6 Å². The Morgan fingerprint density at radius 2 is 0.769 bits per heavy atom. The van der Waals surface area contributed by atoms with E-state index in [4.69, 9.17) is 4.74 Å². The van der Waals surface area contributed by atoms with Gasteiger partial charge in [-0.25, -0.2) is 0 Å². The summed E-state index contributed by atoms with van der Waals surface area (Å²) < 4.78 is 5.45. The van der Waals surface area contributed by atoms with Crippen LogP contribution in [0.1, 0.15) is 290 Å². The summed E-state index contributed by atoms with van der Waals surface area (Å²) in [5.41, 5.74) is 0. The molecule has 0 saturated heterocycles. The summed E-state index contributed by atoms with van der Waals surface area (Å²) >= 11 is 0. The zero-order valence-electron chi connectivity index (χ0n) is 43.2. The van der Waals surface area contributed by atoms with Crippen molar-refractivity contribution in [3.8, 4) is 0 Å². The molecule has 0 fully saturated rings. The fraction of sp³-hybridized carbons (Fsp3) is 0.831. The molecule has 0 aromatic heterocycles. The normalized spacial score (nSPS) is 13.0. The van der Waals surface area contributed by atoms with Crippen molar-refractivity contribution in [1.82, 2.24) is 5.32 Å². The van der Waals surface area contributed by atoms with Gasteiger partial charge in [-0.2, -0.15) is 0 Å². The van der Waals surface area contributed by atoms with E-state index >= 15 is 0 Å². The lowest BCUT2D eigenvalue weighted by Crippen LogP contribution is -2.45. The van der Waals surface area contributed by atoms with Crippen LogP contribution in [0.3, 0.4) is 0 Å². The SMILES string of the molecule is CCCCCCCCC/C=C\CCCCCCCC(=O)OCCCCC/C=C\C/C=C\CCCCCCCCCC(=O)NC(CO)C(O)/C=C/CCCCCCCCCCCCCCC. The number of nitrogens with one attached hydrogen (secondary N) is 1. The van der Waals surface area contributed by atoms with Crippen molar-refractivity contribution < 1.29 is 24.5 Å². The number of esters is 1. The summed E-state index contributed by atoms with van der Waals surface area (Å²) in [6, 6.07) is -0.641. The zero-order chi connectivity index (χ0) is 47.2. The quantitative estimate of drug-likeness (QED) is 0.0321. The molecule has 0 rings (SSSR count). The van der Waals surface area contributed by atoms with Gasteiger partial charge in [-0.3, -0.25) is 9.59 Å². The lowest BCUT2D eigenvalue weighted by molar-refractivity contribution is -0.143. The van der Waals surface area contributed by atoms with E-state index in [2.05, 4.69) is 55.6 Å². The molecule has 0 aliphatic rings. The molecule has 0 spiro atoms. The molecule has 0 heterocycles. The van der Waals surface area contributed by atoms with Gasteiger partial charge in [-0.15, -0.1) is 0 Å². The van der Waals surface area contributed by atoms with Crippen LogP contribution in [0.5, 0.6) is 0 Å². The number of aliphatic hydroxyl groups is 2. The molecular weight excluding hydrogens is 803 g/mol. The average Bonchev–Trinajstić information content (AvgIpc) is 3.31. The maximum Gasteiger partial charge on any atom is 0.305 e. The Kier molecular flexibility index (Phi) is 52.6. The fourth-order valence-corrected chi connectivity index (χ4v) is 8.42. The van der Waals surface area contributed by atoms with Gasteiger partial charge in [-0.05, 0) is 96.3 Å². The highest BCUT2D eigenvalue weighted by molar-refractivity contribution is 5.76. The molecule has 0 aromatic rings. The van der Waals surface area contributed by atoms with Crippen molar-refractivity contribution in [3.63, 3.8) is 0 Å². The second kappa shape index (κ2) is 54.4. The first-order valence-corrected chi connectivity index (χ1v) is 28.4. The molecule has 65 heavy (non-hydrogen) atoms. The van der Waals surface area contributed by atoms with E-state index in [-0.39, 0.29) is 18.5 Å². The van der Waals surface area contributed by atoms with Crippen LogP contribution in [-0.2, 0) is 14.3 Å². The lowest BCUT2D eigenvalue weighted by atomic mass is 10.0. The summed E-state index contributed by atoms with van der Waals surface area (Å²) in [6.45, 7) is 4.85. The molecule has 2 unspecified atom stereocenters. The molecule has 0 bridgehead atoms. The molecule has 1 amide bonds. The number of hydrogen-bond acceptors (Lipinski definition) is 5. The Balaban J connectivity index is 3.53. The second-order valence-corrected chi connectivity index (χ2v) is 19.3. The van der Waals surface area contributed by atoms with Crippen molar-refractivity contribution >= 4 is 11.9 Å². The predicted octanol–water partition coefficient (Wildman–Crippen LogP) is 17.4. The molecule has 380 valence electrons. The van der Waals surface area contributed by atoms with Gasteiger partial charge in [0, 0.05) is 12.8 Å². The maximum atomic E-state index is 12.4. The minimum absolute atomic E-state index is 0.0243. The van der Waals surface area contributed by atoms with Gasteiger partial charge in [0.15, 0.2) is 0 Å². The van der Waals surface area contributed by atoms with Crippen molar-refractivity contribution in [2.75, 3.05) is 13.2 Å². The van der Waals surface area contributed by atoms with E-state index in [9.17, 15) is 19.8 Å². The van der Waals surface area contributed by atoms with Crippen LogP contribution < -0.4 is 5.32 Å². The highest BCUT2D eigenvalue weighted by atomic mass is 16.5. The van der Waals surface area contributed by atoms with Crippen molar-refractivity contribution in [3.05, 3.63) is 48.6 Å². The van der Waals surface area contributed by atoms with Crippen molar-refractivity contribution in [2.45, 2.75) is 302 Å². The Morgan fingerprint density at radius 1 is 0.431 bits per heavy atom. The number of aliphatic hydroxyl groups excluding tert-OH is 2. The number of amides is 1. The van der Waals surface area contributed by atoms with Crippen LogP contribution in [0.4, 0.5) is 0 Å². The Hall–Kier alpha value is -2.18. The fourth-order valence-electron chi connectivity index (χ4n) is 8.42. The van der Waals surface area contributed by atoms with Gasteiger partial charge >= 0.3 is 5.97 Å². The highest BCUT2D eigenvalue weighted by Gasteiger charge is 2.18. The number of allylic oxidation sites excluding steroid dienone is 7. The predicted molar refractivity (Wildman–Crippen MR) is 282 cm³/mol.